The van der Waals surface area contributed by atoms with Crippen LogP contribution in [0.15, 0.2) is 0 Å². The van der Waals surface area contributed by atoms with Gasteiger partial charge in [0.1, 0.15) is 0 Å². The van der Waals surface area contributed by atoms with Crippen LogP contribution in [0.2, 0.25) is 0 Å². The second kappa shape index (κ2) is 76.3. The van der Waals surface area contributed by atoms with Crippen molar-refractivity contribution in [2.45, 2.75) is 0 Å². The molecule has 0 fully saturated rings. The first kappa shape index (κ1) is 66.6. The Balaban J connectivity index is -0.00000000726. The third-order valence-electron chi connectivity index (χ3n) is 0. The Bertz CT molecular complexity index is 81.8. The standard InChI is InChI=1S/2NO3.5H2O.O.Zr/c2*2-1(3)4;;;;;;;/h;;5*1H2;;/q2*-1;;;;;;;+2. The Morgan fingerprint density at radius 1 is 0.600 bits per heavy atom. The minimum atomic E-state index is -1.75. The van der Waals surface area contributed by atoms with Crippen LogP contribution < -0.4 is 0 Å². The monoisotopic (exact) mass is 320 g/mol. The molecule has 0 radical (unpaired) electrons. The van der Waals surface area contributed by atoms with Gasteiger partial charge in [-0.25, -0.2) is 0 Å². The predicted octanol–water partition coefficient (Wildman–Crippen LogP) is -4.72. The normalized spacial score (nSPS) is 3.60. The summed E-state index contributed by atoms with van der Waals surface area (Å²) in [5, 5.41) is 29.5. The molecule has 0 rings (SSSR count). The van der Waals surface area contributed by atoms with E-state index >= 15 is 0 Å². The molecule has 96 valence electrons. The summed E-state index contributed by atoms with van der Waals surface area (Å²) in [7, 11) is 0. The van der Waals surface area contributed by atoms with Crippen molar-refractivity contribution < 1.29 is 65.1 Å². The van der Waals surface area contributed by atoms with Crippen molar-refractivity contribution in [1.82, 2.24) is 0 Å². The summed E-state index contributed by atoms with van der Waals surface area (Å²) in [6.45, 7) is 0. The number of hydrogen-bond donors (Lipinski definition) is 0. The van der Waals surface area contributed by atoms with Gasteiger partial charge in [0.25, 0.3) is 0 Å². The molecule has 0 atom stereocenters. The van der Waals surface area contributed by atoms with Gasteiger partial charge in [0, 0.05) is 0 Å². The second-order valence-corrected chi connectivity index (χ2v) is 0.447. The molecule has 0 saturated carbocycles. The van der Waals surface area contributed by atoms with Crippen LogP contribution >= 0.6 is 0 Å². The molecule has 0 amide bonds. The van der Waals surface area contributed by atoms with E-state index in [2.05, 4.69) is 0 Å². The Hall–Kier alpha value is -1.12. The zero-order chi connectivity index (χ0) is 9.15. The van der Waals surface area contributed by atoms with Gasteiger partial charge < -0.3 is 58.0 Å². The molecule has 0 aromatic heterocycles. The predicted molar refractivity (Wildman–Crippen MR) is 39.5 cm³/mol. The van der Waals surface area contributed by atoms with Crippen LogP contribution in [0.5, 0.6) is 0 Å². The quantitative estimate of drug-likeness (QED) is 0.309. The van der Waals surface area contributed by atoms with Crippen molar-refractivity contribution in [2.75, 3.05) is 0 Å². The minimum absolute atomic E-state index is 0. The summed E-state index contributed by atoms with van der Waals surface area (Å²) in [4.78, 5) is 16.5. The molecule has 14 nitrogen and oxygen atoms in total. The van der Waals surface area contributed by atoms with E-state index in [0.29, 0.717) is 24.7 Å². The fraction of sp³-hybridized carbons (Fsp3) is 0. The molecule has 0 spiro atoms. The van der Waals surface area contributed by atoms with E-state index in [4.69, 9.17) is 33.5 Å². The third kappa shape index (κ3) is 1220. The molecule has 15 heteroatoms. The van der Waals surface area contributed by atoms with Crippen molar-refractivity contribution in [3.8, 4) is 0 Å². The van der Waals surface area contributed by atoms with Gasteiger partial charge in [0.05, 0.1) is 10.2 Å². The molecule has 0 unspecified atom stereocenters. The van der Waals surface area contributed by atoms with Gasteiger partial charge in [-0.1, -0.05) is 0 Å². The summed E-state index contributed by atoms with van der Waals surface area (Å²) in [5.41, 5.74) is 0. The first-order valence-corrected chi connectivity index (χ1v) is 2.30. The van der Waals surface area contributed by atoms with Crippen LogP contribution in [0.3, 0.4) is 0 Å². The van der Waals surface area contributed by atoms with Crippen LogP contribution in [0.25, 0.3) is 0 Å². The maximum atomic E-state index is 8.34. The van der Waals surface area contributed by atoms with E-state index in [9.17, 15) is 0 Å². The molecule has 0 aliphatic rings. The van der Waals surface area contributed by atoms with Crippen molar-refractivity contribution in [1.29, 1.82) is 0 Å². The SMILES string of the molecule is O.O.O.O.O.O=[N+]([O-])[O-].O=[N+]([O-])[O-].[O]=[Zr+2]. The summed E-state index contributed by atoms with van der Waals surface area (Å²) in [6, 6.07) is 0. The molecule has 0 aliphatic heterocycles. The molecule has 0 aromatic rings. The van der Waals surface area contributed by atoms with Crippen LogP contribution in [0.1, 0.15) is 0 Å². The molecular weight excluding hydrogens is 311 g/mol. The van der Waals surface area contributed by atoms with E-state index in [1.165, 1.54) is 0 Å². The molecule has 0 bridgehead atoms. The fourth-order valence-electron chi connectivity index (χ4n) is 0. The number of hydrogen-bond acceptors (Lipinski definition) is 7. The molecule has 15 heavy (non-hydrogen) atoms. The molecule has 0 aromatic carbocycles. The first-order valence-electron chi connectivity index (χ1n) is 1.30. The summed E-state index contributed by atoms with van der Waals surface area (Å²) in [6.07, 6.45) is 0. The van der Waals surface area contributed by atoms with Gasteiger partial charge in [0.2, 0.25) is 0 Å². The molecule has 0 saturated heterocycles. The first-order chi connectivity index (χ1) is 4.46. The van der Waals surface area contributed by atoms with E-state index in [0.717, 1.165) is 0 Å². The van der Waals surface area contributed by atoms with Crippen LogP contribution in [0, 0.1) is 30.6 Å². The topological polar surface area (TPSA) is 307 Å². The molecule has 10 N–H and O–H groups in total. The van der Waals surface area contributed by atoms with Crippen molar-refractivity contribution in [3.05, 3.63) is 30.6 Å². The number of nitrogens with zero attached hydrogens (tertiary/aromatic N) is 2. The van der Waals surface area contributed by atoms with Crippen LogP contribution in [-0.2, 0) is 27.5 Å². The van der Waals surface area contributed by atoms with Crippen molar-refractivity contribution >= 4 is 0 Å². The summed E-state index contributed by atoms with van der Waals surface area (Å²) in [5.74, 6) is 0. The fourth-order valence-corrected chi connectivity index (χ4v) is 0. The average molecular weight is 321 g/mol. The zero-order valence-corrected chi connectivity index (χ0v) is 9.21. The van der Waals surface area contributed by atoms with E-state index in [-0.39, 0.29) is 27.4 Å². The van der Waals surface area contributed by atoms with Gasteiger partial charge in [-0.2, -0.15) is 0 Å². The summed E-state index contributed by atoms with van der Waals surface area (Å²) < 4.78 is 8.34. The molecule has 0 aliphatic carbocycles. The third-order valence-corrected chi connectivity index (χ3v) is 0. The average Bonchev–Trinajstić information content (AvgIpc) is 1.66. The van der Waals surface area contributed by atoms with E-state index in [1.54, 1.807) is 0 Å². The molecular formula is H10N2O12Zr. The van der Waals surface area contributed by atoms with E-state index in [1.807, 2.05) is 0 Å². The van der Waals surface area contributed by atoms with Crippen LogP contribution in [0.4, 0.5) is 0 Å². The van der Waals surface area contributed by atoms with Crippen molar-refractivity contribution in [2.24, 2.45) is 0 Å². The molecule has 0 heterocycles. The Morgan fingerprint density at radius 3 is 0.600 bits per heavy atom. The summed E-state index contributed by atoms with van der Waals surface area (Å²) >= 11 is 0.300. The maximum absolute atomic E-state index is 8.34. The van der Waals surface area contributed by atoms with Crippen molar-refractivity contribution in [3.63, 3.8) is 0 Å². The van der Waals surface area contributed by atoms with Gasteiger partial charge in [-0.15, -0.1) is 0 Å². The van der Waals surface area contributed by atoms with Gasteiger partial charge >= 0.3 is 27.5 Å². The van der Waals surface area contributed by atoms with E-state index < -0.39 is 10.2 Å². The Labute approximate surface area is 96.2 Å². The Kier molecular flexibility index (Phi) is 339. The van der Waals surface area contributed by atoms with Gasteiger partial charge in [-0.05, 0) is 0 Å². The zero-order valence-electron chi connectivity index (χ0n) is 6.75. The van der Waals surface area contributed by atoms with Gasteiger partial charge in [0.15, 0.2) is 0 Å². The second-order valence-electron chi connectivity index (χ2n) is 0.447. The Morgan fingerprint density at radius 2 is 0.600 bits per heavy atom. The van der Waals surface area contributed by atoms with Gasteiger partial charge in [-0.3, -0.25) is 0 Å². The number of rotatable bonds is 0. The van der Waals surface area contributed by atoms with Crippen LogP contribution in [-0.4, -0.2) is 37.6 Å².